The molecule has 0 spiro atoms. The van der Waals surface area contributed by atoms with Crippen molar-refractivity contribution >= 4 is 35.1 Å². The first-order valence-corrected chi connectivity index (χ1v) is 8.97. The Morgan fingerprint density at radius 2 is 1.88 bits per heavy atom. The first-order valence-electron chi connectivity index (χ1n) is 7.98. The van der Waals surface area contributed by atoms with E-state index in [1.807, 2.05) is 0 Å². The molecule has 1 N–H and O–H groups in total. The van der Waals surface area contributed by atoms with Crippen molar-refractivity contribution in [2.24, 2.45) is 0 Å². The highest BCUT2D eigenvalue weighted by atomic mass is 32.2. The molecule has 0 saturated heterocycles. The molecule has 0 unspecified atom stereocenters. The van der Waals surface area contributed by atoms with Crippen LogP contribution in [0.25, 0.3) is 0 Å². The Labute approximate surface area is 149 Å². The Balaban J connectivity index is 1.91. The Bertz CT molecular complexity index is 847. The van der Waals surface area contributed by atoms with Crippen LogP contribution >= 0.6 is 11.8 Å². The molecule has 0 fully saturated rings. The van der Waals surface area contributed by atoms with Gasteiger partial charge in [0.25, 0.3) is 5.91 Å². The minimum absolute atomic E-state index is 0.0512. The number of amides is 1. The summed E-state index contributed by atoms with van der Waals surface area (Å²) in [6.07, 6.45) is 0.481. The Hall–Kier alpha value is -2.60. The third-order valence-corrected chi connectivity index (χ3v) is 4.94. The number of carbonyl (C=O) groups is 3. The standard InChI is InChI=1S/C19H17NO4S/c1-2-24-19(23)12-6-3-4-9-15(12)20-18(22)14-8-5-7-13-16(21)10-11-25-17(13)14/h3-9H,2,10-11H2,1H3,(H,20,22). The van der Waals surface area contributed by atoms with Crippen LogP contribution in [-0.4, -0.2) is 30.0 Å². The first kappa shape index (κ1) is 17.2. The summed E-state index contributed by atoms with van der Waals surface area (Å²) in [5.41, 5.74) is 1.71. The number of hydrogen-bond donors (Lipinski definition) is 1. The lowest BCUT2D eigenvalue weighted by Crippen LogP contribution is -2.19. The van der Waals surface area contributed by atoms with Crippen LogP contribution in [0, 0.1) is 0 Å². The molecule has 0 aliphatic carbocycles. The summed E-state index contributed by atoms with van der Waals surface area (Å²) in [7, 11) is 0. The van der Waals surface area contributed by atoms with Gasteiger partial charge < -0.3 is 10.1 Å². The third-order valence-electron chi connectivity index (χ3n) is 3.81. The van der Waals surface area contributed by atoms with E-state index in [-0.39, 0.29) is 18.3 Å². The summed E-state index contributed by atoms with van der Waals surface area (Å²) >= 11 is 1.50. The molecule has 0 saturated carbocycles. The lowest BCUT2D eigenvalue weighted by Gasteiger charge is -2.18. The largest absolute Gasteiger partial charge is 0.462 e. The van der Waals surface area contributed by atoms with Crippen LogP contribution in [0.1, 0.15) is 44.4 Å². The van der Waals surface area contributed by atoms with Crippen molar-refractivity contribution in [3.63, 3.8) is 0 Å². The minimum Gasteiger partial charge on any atom is -0.462 e. The van der Waals surface area contributed by atoms with Crippen molar-refractivity contribution in [2.75, 3.05) is 17.7 Å². The second-order valence-corrected chi connectivity index (χ2v) is 6.53. The smallest absolute Gasteiger partial charge is 0.340 e. The summed E-state index contributed by atoms with van der Waals surface area (Å²) in [6.45, 7) is 1.98. The number of ether oxygens (including phenoxy) is 1. The fourth-order valence-corrected chi connectivity index (χ4v) is 3.79. The van der Waals surface area contributed by atoms with Gasteiger partial charge in [-0.15, -0.1) is 11.8 Å². The predicted octanol–water partition coefficient (Wildman–Crippen LogP) is 3.79. The number of ketones is 1. The highest BCUT2D eigenvalue weighted by Crippen LogP contribution is 2.33. The molecular formula is C19H17NO4S. The fourth-order valence-electron chi connectivity index (χ4n) is 2.64. The maximum atomic E-state index is 12.7. The molecule has 128 valence electrons. The topological polar surface area (TPSA) is 72.5 Å². The zero-order valence-electron chi connectivity index (χ0n) is 13.7. The van der Waals surface area contributed by atoms with Gasteiger partial charge in [-0.3, -0.25) is 9.59 Å². The minimum atomic E-state index is -0.488. The second kappa shape index (κ2) is 7.53. The van der Waals surface area contributed by atoms with Gasteiger partial charge in [-0.05, 0) is 25.1 Å². The molecule has 2 aromatic rings. The van der Waals surface area contributed by atoms with Crippen LogP contribution in [0.4, 0.5) is 5.69 Å². The quantitative estimate of drug-likeness (QED) is 0.845. The van der Waals surface area contributed by atoms with Crippen LogP contribution in [0.15, 0.2) is 47.4 Å². The van der Waals surface area contributed by atoms with Crippen molar-refractivity contribution < 1.29 is 19.1 Å². The number of fused-ring (bicyclic) bond motifs is 1. The first-order chi connectivity index (χ1) is 12.1. The van der Waals surface area contributed by atoms with Gasteiger partial charge in [-0.25, -0.2) is 4.79 Å². The molecule has 0 aromatic heterocycles. The fraction of sp³-hybridized carbons (Fsp3) is 0.211. The lowest BCUT2D eigenvalue weighted by atomic mass is 10.0. The number of nitrogens with one attached hydrogen (secondary N) is 1. The highest BCUT2D eigenvalue weighted by Gasteiger charge is 2.24. The molecule has 0 bridgehead atoms. The van der Waals surface area contributed by atoms with E-state index < -0.39 is 5.97 Å². The number of thioether (sulfide) groups is 1. The summed E-state index contributed by atoms with van der Waals surface area (Å²) in [6, 6.07) is 11.8. The van der Waals surface area contributed by atoms with Crippen LogP contribution in [0.2, 0.25) is 0 Å². The van der Waals surface area contributed by atoms with E-state index in [0.717, 1.165) is 0 Å². The number of anilines is 1. The molecule has 0 radical (unpaired) electrons. The van der Waals surface area contributed by atoms with E-state index in [1.165, 1.54) is 11.8 Å². The van der Waals surface area contributed by atoms with Crippen molar-refractivity contribution in [1.29, 1.82) is 0 Å². The van der Waals surface area contributed by atoms with Gasteiger partial charge >= 0.3 is 5.97 Å². The van der Waals surface area contributed by atoms with E-state index in [1.54, 1.807) is 49.4 Å². The van der Waals surface area contributed by atoms with Gasteiger partial charge in [0.05, 0.1) is 23.4 Å². The number of carbonyl (C=O) groups excluding carboxylic acids is 3. The molecule has 1 heterocycles. The lowest BCUT2D eigenvalue weighted by molar-refractivity contribution is 0.0527. The van der Waals surface area contributed by atoms with Crippen molar-refractivity contribution in [3.8, 4) is 0 Å². The van der Waals surface area contributed by atoms with Crippen LogP contribution in [0.3, 0.4) is 0 Å². The normalized spacial score (nSPS) is 13.1. The third kappa shape index (κ3) is 3.58. The SMILES string of the molecule is CCOC(=O)c1ccccc1NC(=O)c1cccc2c1SCCC2=O. The Kier molecular flexibility index (Phi) is 5.19. The number of para-hydroxylation sites is 1. The van der Waals surface area contributed by atoms with Gasteiger partial charge in [-0.1, -0.05) is 24.3 Å². The van der Waals surface area contributed by atoms with E-state index in [0.29, 0.717) is 39.4 Å². The van der Waals surface area contributed by atoms with E-state index in [4.69, 9.17) is 4.74 Å². The van der Waals surface area contributed by atoms with E-state index >= 15 is 0 Å². The van der Waals surface area contributed by atoms with Crippen LogP contribution in [-0.2, 0) is 4.74 Å². The molecule has 2 aromatic carbocycles. The molecule has 3 rings (SSSR count). The number of esters is 1. The Morgan fingerprint density at radius 1 is 1.12 bits per heavy atom. The van der Waals surface area contributed by atoms with E-state index in [9.17, 15) is 14.4 Å². The van der Waals surface area contributed by atoms with Gasteiger partial charge in [0.15, 0.2) is 5.78 Å². The zero-order chi connectivity index (χ0) is 17.8. The maximum Gasteiger partial charge on any atom is 0.340 e. The van der Waals surface area contributed by atoms with Gasteiger partial charge in [-0.2, -0.15) is 0 Å². The molecule has 25 heavy (non-hydrogen) atoms. The highest BCUT2D eigenvalue weighted by molar-refractivity contribution is 7.99. The van der Waals surface area contributed by atoms with Crippen molar-refractivity contribution in [2.45, 2.75) is 18.2 Å². The second-order valence-electron chi connectivity index (χ2n) is 5.42. The molecule has 5 nitrogen and oxygen atoms in total. The zero-order valence-corrected chi connectivity index (χ0v) is 14.5. The number of Topliss-reactive ketones (excluding diaryl/α,β-unsaturated/α-hetero) is 1. The molecule has 0 atom stereocenters. The van der Waals surface area contributed by atoms with Crippen LogP contribution < -0.4 is 5.32 Å². The summed E-state index contributed by atoms with van der Waals surface area (Å²) in [4.78, 5) is 37.5. The average molecular weight is 355 g/mol. The average Bonchev–Trinajstić information content (AvgIpc) is 2.62. The van der Waals surface area contributed by atoms with Gasteiger partial charge in [0, 0.05) is 22.6 Å². The molecular weight excluding hydrogens is 338 g/mol. The van der Waals surface area contributed by atoms with Gasteiger partial charge in [0.1, 0.15) is 0 Å². The monoisotopic (exact) mass is 355 g/mol. The van der Waals surface area contributed by atoms with Crippen molar-refractivity contribution in [3.05, 3.63) is 59.2 Å². The van der Waals surface area contributed by atoms with Crippen molar-refractivity contribution in [1.82, 2.24) is 0 Å². The van der Waals surface area contributed by atoms with Crippen LogP contribution in [0.5, 0.6) is 0 Å². The molecule has 1 aliphatic rings. The predicted molar refractivity (Wildman–Crippen MR) is 96.5 cm³/mol. The summed E-state index contributed by atoms with van der Waals surface area (Å²) in [5, 5.41) is 2.77. The van der Waals surface area contributed by atoms with Gasteiger partial charge in [0.2, 0.25) is 0 Å². The summed E-state index contributed by atoms with van der Waals surface area (Å²) in [5.74, 6) is -0.126. The number of rotatable bonds is 4. The Morgan fingerprint density at radius 3 is 2.68 bits per heavy atom. The molecule has 1 aliphatic heterocycles. The number of hydrogen-bond acceptors (Lipinski definition) is 5. The maximum absolute atomic E-state index is 12.7. The number of benzene rings is 2. The molecule has 1 amide bonds. The summed E-state index contributed by atoms with van der Waals surface area (Å²) < 4.78 is 5.02. The van der Waals surface area contributed by atoms with E-state index in [2.05, 4.69) is 5.32 Å². The molecule has 6 heteroatoms.